The molecule has 0 saturated carbocycles. The minimum Gasteiger partial charge on any atom is -0.494 e. The SMILES string of the molecule is CCCCOc1ccc(C[C@H](NC(=O)OC)C(=O)OC)cc1. The van der Waals surface area contributed by atoms with E-state index >= 15 is 0 Å². The van der Waals surface area contributed by atoms with Gasteiger partial charge < -0.3 is 19.5 Å². The summed E-state index contributed by atoms with van der Waals surface area (Å²) < 4.78 is 14.8. The van der Waals surface area contributed by atoms with Crippen molar-refractivity contribution in [1.29, 1.82) is 0 Å². The van der Waals surface area contributed by atoms with Crippen LogP contribution in [0.3, 0.4) is 0 Å². The van der Waals surface area contributed by atoms with E-state index in [2.05, 4.69) is 21.7 Å². The molecule has 0 saturated heterocycles. The molecule has 22 heavy (non-hydrogen) atoms. The fourth-order valence-corrected chi connectivity index (χ4v) is 1.83. The Labute approximate surface area is 130 Å². The van der Waals surface area contributed by atoms with Gasteiger partial charge in [-0.05, 0) is 24.1 Å². The highest BCUT2D eigenvalue weighted by atomic mass is 16.5. The summed E-state index contributed by atoms with van der Waals surface area (Å²) in [6, 6.07) is 6.62. The van der Waals surface area contributed by atoms with Gasteiger partial charge in [-0.3, -0.25) is 0 Å². The second-order valence-electron chi connectivity index (χ2n) is 4.76. The molecule has 1 amide bonds. The Balaban J connectivity index is 2.64. The molecule has 1 aromatic rings. The lowest BCUT2D eigenvalue weighted by Gasteiger charge is -2.16. The highest BCUT2D eigenvalue weighted by molar-refractivity contribution is 5.81. The van der Waals surface area contributed by atoms with E-state index in [0.29, 0.717) is 13.0 Å². The first-order valence-electron chi connectivity index (χ1n) is 7.24. The number of esters is 1. The van der Waals surface area contributed by atoms with E-state index in [4.69, 9.17) is 4.74 Å². The van der Waals surface area contributed by atoms with Crippen LogP contribution in [-0.4, -0.2) is 38.9 Å². The number of rotatable bonds is 8. The van der Waals surface area contributed by atoms with Gasteiger partial charge in [0.15, 0.2) is 0 Å². The molecule has 0 aromatic heterocycles. The van der Waals surface area contributed by atoms with Crippen molar-refractivity contribution in [1.82, 2.24) is 5.32 Å². The van der Waals surface area contributed by atoms with Crippen molar-refractivity contribution in [3.63, 3.8) is 0 Å². The number of carbonyl (C=O) groups excluding carboxylic acids is 2. The van der Waals surface area contributed by atoms with E-state index in [1.165, 1.54) is 14.2 Å². The van der Waals surface area contributed by atoms with Gasteiger partial charge in [0.1, 0.15) is 11.8 Å². The Hall–Kier alpha value is -2.24. The van der Waals surface area contributed by atoms with E-state index in [1.54, 1.807) is 0 Å². The van der Waals surface area contributed by atoms with Crippen molar-refractivity contribution in [2.24, 2.45) is 0 Å². The van der Waals surface area contributed by atoms with Crippen molar-refractivity contribution in [3.05, 3.63) is 29.8 Å². The summed E-state index contributed by atoms with van der Waals surface area (Å²) in [5.41, 5.74) is 0.884. The summed E-state index contributed by atoms with van der Waals surface area (Å²) in [6.45, 7) is 2.79. The quantitative estimate of drug-likeness (QED) is 0.589. The zero-order chi connectivity index (χ0) is 16.4. The van der Waals surface area contributed by atoms with Gasteiger partial charge in [0.05, 0.1) is 20.8 Å². The highest BCUT2D eigenvalue weighted by Crippen LogP contribution is 2.14. The van der Waals surface area contributed by atoms with E-state index in [0.717, 1.165) is 24.2 Å². The van der Waals surface area contributed by atoms with Gasteiger partial charge in [0.2, 0.25) is 0 Å². The van der Waals surface area contributed by atoms with Crippen LogP contribution in [-0.2, 0) is 20.7 Å². The first-order valence-corrected chi connectivity index (χ1v) is 7.24. The van der Waals surface area contributed by atoms with Crippen LogP contribution in [0.4, 0.5) is 4.79 Å². The molecule has 0 aliphatic rings. The van der Waals surface area contributed by atoms with E-state index in [-0.39, 0.29) is 0 Å². The summed E-state index contributed by atoms with van der Waals surface area (Å²) in [4.78, 5) is 23.0. The maximum atomic E-state index is 11.7. The fraction of sp³-hybridized carbons (Fsp3) is 0.500. The van der Waals surface area contributed by atoms with Gasteiger partial charge >= 0.3 is 12.1 Å². The predicted molar refractivity (Wildman–Crippen MR) is 81.9 cm³/mol. The molecule has 1 aromatic carbocycles. The Kier molecular flexibility index (Phi) is 7.81. The summed E-state index contributed by atoms with van der Waals surface area (Å²) in [7, 11) is 2.52. The average Bonchev–Trinajstić information content (AvgIpc) is 2.55. The van der Waals surface area contributed by atoms with Gasteiger partial charge in [0, 0.05) is 6.42 Å². The Morgan fingerprint density at radius 2 is 1.82 bits per heavy atom. The summed E-state index contributed by atoms with van der Waals surface area (Å²) in [6.07, 6.45) is 1.74. The van der Waals surface area contributed by atoms with Gasteiger partial charge in [-0.15, -0.1) is 0 Å². The predicted octanol–water partition coefficient (Wildman–Crippen LogP) is 2.31. The lowest BCUT2D eigenvalue weighted by molar-refractivity contribution is -0.142. The van der Waals surface area contributed by atoms with Crippen LogP contribution in [0, 0.1) is 0 Å². The average molecular weight is 309 g/mol. The number of methoxy groups -OCH3 is 2. The van der Waals surface area contributed by atoms with Crippen LogP contribution in [0.25, 0.3) is 0 Å². The number of hydrogen-bond acceptors (Lipinski definition) is 5. The molecule has 6 nitrogen and oxygen atoms in total. The smallest absolute Gasteiger partial charge is 0.407 e. The summed E-state index contributed by atoms with van der Waals surface area (Å²) >= 11 is 0. The molecular weight excluding hydrogens is 286 g/mol. The van der Waals surface area contributed by atoms with Crippen LogP contribution >= 0.6 is 0 Å². The summed E-state index contributed by atoms with van der Waals surface area (Å²) in [5, 5.41) is 2.46. The molecule has 0 spiro atoms. The van der Waals surface area contributed by atoms with Gasteiger partial charge in [-0.1, -0.05) is 25.5 Å². The molecule has 1 atom stereocenters. The van der Waals surface area contributed by atoms with Crippen molar-refractivity contribution in [2.75, 3.05) is 20.8 Å². The maximum absolute atomic E-state index is 11.7. The van der Waals surface area contributed by atoms with Crippen LogP contribution < -0.4 is 10.1 Å². The molecule has 1 N–H and O–H groups in total. The molecule has 6 heteroatoms. The van der Waals surface area contributed by atoms with Crippen LogP contribution in [0.15, 0.2) is 24.3 Å². The Morgan fingerprint density at radius 1 is 1.14 bits per heavy atom. The van der Waals surface area contributed by atoms with E-state index in [1.807, 2.05) is 24.3 Å². The second-order valence-corrected chi connectivity index (χ2v) is 4.76. The zero-order valence-electron chi connectivity index (χ0n) is 13.3. The molecule has 0 unspecified atom stereocenters. The molecule has 122 valence electrons. The van der Waals surface area contributed by atoms with Crippen molar-refractivity contribution in [2.45, 2.75) is 32.2 Å². The largest absolute Gasteiger partial charge is 0.494 e. The van der Waals surface area contributed by atoms with Gasteiger partial charge in [-0.25, -0.2) is 9.59 Å². The zero-order valence-corrected chi connectivity index (χ0v) is 13.3. The molecule has 1 rings (SSSR count). The fourth-order valence-electron chi connectivity index (χ4n) is 1.83. The number of benzene rings is 1. The molecule has 0 heterocycles. The van der Waals surface area contributed by atoms with E-state index < -0.39 is 18.1 Å². The first-order chi connectivity index (χ1) is 10.6. The number of alkyl carbamates (subject to hydrolysis) is 1. The molecule has 0 aliphatic carbocycles. The third-order valence-electron chi connectivity index (χ3n) is 3.09. The number of carbonyl (C=O) groups is 2. The minimum absolute atomic E-state index is 0.316. The number of hydrogen-bond donors (Lipinski definition) is 1. The minimum atomic E-state index is -0.788. The number of nitrogens with one attached hydrogen (secondary N) is 1. The van der Waals surface area contributed by atoms with Crippen molar-refractivity contribution in [3.8, 4) is 5.75 Å². The van der Waals surface area contributed by atoms with E-state index in [9.17, 15) is 9.59 Å². The Bertz CT molecular complexity index is 472. The molecule has 0 radical (unpaired) electrons. The number of unbranched alkanes of at least 4 members (excludes halogenated alkanes) is 1. The van der Waals surface area contributed by atoms with Crippen LogP contribution in [0.1, 0.15) is 25.3 Å². The first kappa shape index (κ1) is 17.8. The summed E-state index contributed by atoms with van der Waals surface area (Å²) in [5.74, 6) is 0.265. The third kappa shape index (κ3) is 6.03. The monoisotopic (exact) mass is 309 g/mol. The van der Waals surface area contributed by atoms with Crippen molar-refractivity contribution >= 4 is 12.1 Å². The van der Waals surface area contributed by atoms with Gasteiger partial charge in [-0.2, -0.15) is 0 Å². The highest BCUT2D eigenvalue weighted by Gasteiger charge is 2.22. The number of ether oxygens (including phenoxy) is 3. The lowest BCUT2D eigenvalue weighted by atomic mass is 10.1. The lowest BCUT2D eigenvalue weighted by Crippen LogP contribution is -2.42. The maximum Gasteiger partial charge on any atom is 0.407 e. The number of amides is 1. The molecular formula is C16H23NO5. The molecule has 0 fully saturated rings. The van der Waals surface area contributed by atoms with Gasteiger partial charge in [0.25, 0.3) is 0 Å². The second kappa shape index (κ2) is 9.65. The molecule has 0 bridgehead atoms. The topological polar surface area (TPSA) is 73.9 Å². The normalized spacial score (nSPS) is 11.4. The van der Waals surface area contributed by atoms with Crippen LogP contribution in [0.2, 0.25) is 0 Å². The standard InChI is InChI=1S/C16H23NO5/c1-4-5-10-22-13-8-6-12(7-9-13)11-14(15(18)20-2)17-16(19)21-3/h6-9,14H,4-5,10-11H2,1-3H3,(H,17,19)/t14-/m0/s1. The molecule has 0 aliphatic heterocycles. The van der Waals surface area contributed by atoms with Crippen LogP contribution in [0.5, 0.6) is 5.75 Å². The third-order valence-corrected chi connectivity index (χ3v) is 3.09. The van der Waals surface area contributed by atoms with Crippen molar-refractivity contribution < 1.29 is 23.8 Å². The Morgan fingerprint density at radius 3 is 2.36 bits per heavy atom.